The van der Waals surface area contributed by atoms with Gasteiger partial charge in [0.25, 0.3) is 0 Å². The van der Waals surface area contributed by atoms with E-state index in [0.717, 1.165) is 0 Å². The van der Waals surface area contributed by atoms with Gasteiger partial charge in [-0.05, 0) is 18.1 Å². The quantitative estimate of drug-likeness (QED) is 0.835. The molecule has 1 aromatic heterocycles. The van der Waals surface area contributed by atoms with Crippen LogP contribution in [0.25, 0.3) is 0 Å². The number of hydrogen-bond acceptors (Lipinski definition) is 4. The lowest BCUT2D eigenvalue weighted by molar-refractivity contribution is 0.0690. The number of pyridine rings is 1. The lowest BCUT2D eigenvalue weighted by atomic mass is 10.2. The number of carboxylic acids is 1. The number of rotatable bonds is 6. The van der Waals surface area contributed by atoms with Crippen molar-refractivity contribution < 1.29 is 14.7 Å². The highest BCUT2D eigenvalue weighted by Crippen LogP contribution is 2.09. The van der Waals surface area contributed by atoms with E-state index in [0.29, 0.717) is 18.8 Å². The van der Waals surface area contributed by atoms with Crippen molar-refractivity contribution in [1.29, 1.82) is 5.26 Å². The summed E-state index contributed by atoms with van der Waals surface area (Å²) in [5.74, 6) is -0.842. The first-order chi connectivity index (χ1) is 9.93. The van der Waals surface area contributed by atoms with E-state index in [2.05, 4.69) is 10.3 Å². The minimum absolute atomic E-state index is 0.0866. The number of carboxylic acid groups (broad SMARTS) is 1. The van der Waals surface area contributed by atoms with Crippen molar-refractivity contribution >= 4 is 17.7 Å². The highest BCUT2D eigenvalue weighted by Gasteiger charge is 2.15. The number of nitrogens with zero attached hydrogens (tertiary/aromatic N) is 3. The summed E-state index contributed by atoms with van der Waals surface area (Å²) in [6.07, 6.45) is 1.55. The molecule has 0 radical (unpaired) electrons. The molecule has 2 amide bonds. The maximum absolute atomic E-state index is 12.1. The average Bonchev–Trinajstić information content (AvgIpc) is 2.43. The Hall–Kier alpha value is -2.62. The third-order valence-electron chi connectivity index (χ3n) is 2.60. The molecular weight excluding hydrogens is 272 g/mol. The lowest BCUT2D eigenvalue weighted by Crippen LogP contribution is -2.38. The van der Waals surface area contributed by atoms with Gasteiger partial charge in [-0.15, -0.1) is 0 Å². The Bertz CT molecular complexity index is 534. The third kappa shape index (κ3) is 5.48. The number of carbonyl (C=O) groups is 2. The molecule has 0 aliphatic carbocycles. The van der Waals surface area contributed by atoms with Crippen LogP contribution < -0.4 is 5.32 Å². The fraction of sp³-hybridized carbons (Fsp3) is 0.429. The van der Waals surface area contributed by atoms with E-state index in [9.17, 15) is 9.59 Å². The number of nitriles is 1. The molecule has 1 rings (SSSR count). The van der Waals surface area contributed by atoms with Crippen molar-refractivity contribution in [3.8, 4) is 6.07 Å². The normalized spacial score (nSPS) is 10.0. The molecule has 1 heterocycles. The standard InChI is InChI=1S/C14H18N4O3/c1-10(2)9-18(7-3-6-15)14(21)17-11-4-5-12(13(19)20)16-8-11/h4-5,8,10H,3,7,9H2,1-2H3,(H,17,21)(H,19,20). The Morgan fingerprint density at radius 1 is 1.48 bits per heavy atom. The summed E-state index contributed by atoms with van der Waals surface area (Å²) in [7, 11) is 0. The Morgan fingerprint density at radius 3 is 2.67 bits per heavy atom. The van der Waals surface area contributed by atoms with E-state index in [-0.39, 0.29) is 24.1 Å². The average molecular weight is 290 g/mol. The molecule has 1 aromatic rings. The van der Waals surface area contributed by atoms with Crippen LogP contribution in [-0.2, 0) is 0 Å². The summed E-state index contributed by atoms with van der Waals surface area (Å²) in [6.45, 7) is 4.85. The van der Waals surface area contributed by atoms with Crippen molar-refractivity contribution in [2.45, 2.75) is 20.3 Å². The zero-order chi connectivity index (χ0) is 15.8. The first-order valence-electron chi connectivity index (χ1n) is 6.56. The van der Waals surface area contributed by atoms with Crippen LogP contribution in [0.5, 0.6) is 0 Å². The van der Waals surface area contributed by atoms with Crippen LogP contribution in [0, 0.1) is 17.2 Å². The van der Waals surface area contributed by atoms with Crippen LogP contribution in [0.2, 0.25) is 0 Å². The maximum Gasteiger partial charge on any atom is 0.354 e. The Morgan fingerprint density at radius 2 is 2.19 bits per heavy atom. The summed E-state index contributed by atoms with van der Waals surface area (Å²) in [5.41, 5.74) is 0.326. The number of aromatic nitrogens is 1. The van der Waals surface area contributed by atoms with Crippen LogP contribution in [0.3, 0.4) is 0 Å². The molecule has 0 aromatic carbocycles. The number of carbonyl (C=O) groups excluding carboxylic acids is 1. The highest BCUT2D eigenvalue weighted by molar-refractivity contribution is 5.90. The van der Waals surface area contributed by atoms with Gasteiger partial charge in [-0.2, -0.15) is 5.26 Å². The summed E-state index contributed by atoms with van der Waals surface area (Å²) in [6, 6.07) is 4.48. The summed E-state index contributed by atoms with van der Waals surface area (Å²) in [4.78, 5) is 28.1. The third-order valence-corrected chi connectivity index (χ3v) is 2.60. The monoisotopic (exact) mass is 290 g/mol. The van der Waals surface area contributed by atoms with Gasteiger partial charge in [-0.3, -0.25) is 0 Å². The van der Waals surface area contributed by atoms with E-state index in [4.69, 9.17) is 10.4 Å². The molecule has 0 fully saturated rings. The fourth-order valence-corrected chi connectivity index (χ4v) is 1.70. The van der Waals surface area contributed by atoms with Crippen molar-refractivity contribution in [3.63, 3.8) is 0 Å². The summed E-state index contributed by atoms with van der Waals surface area (Å²) in [5, 5.41) is 20.0. The molecule has 112 valence electrons. The molecule has 0 saturated carbocycles. The van der Waals surface area contributed by atoms with E-state index in [1.165, 1.54) is 18.3 Å². The van der Waals surface area contributed by atoms with Gasteiger partial charge in [0.05, 0.1) is 24.4 Å². The van der Waals surface area contributed by atoms with Crippen LogP contribution in [0.1, 0.15) is 30.8 Å². The molecule has 0 bridgehead atoms. The van der Waals surface area contributed by atoms with Gasteiger partial charge in [0, 0.05) is 13.1 Å². The van der Waals surface area contributed by atoms with Crippen molar-refractivity contribution in [2.75, 3.05) is 18.4 Å². The predicted octanol–water partition coefficient (Wildman–Crippen LogP) is 2.18. The lowest BCUT2D eigenvalue weighted by Gasteiger charge is -2.23. The number of nitrogens with one attached hydrogen (secondary N) is 1. The van der Waals surface area contributed by atoms with Gasteiger partial charge in [0.1, 0.15) is 5.69 Å². The number of anilines is 1. The van der Waals surface area contributed by atoms with Gasteiger partial charge in [0.15, 0.2) is 0 Å². The number of urea groups is 1. The predicted molar refractivity (Wildman–Crippen MR) is 76.9 cm³/mol. The molecule has 0 spiro atoms. The molecule has 0 saturated heterocycles. The molecule has 0 aliphatic rings. The van der Waals surface area contributed by atoms with E-state index in [1.54, 1.807) is 4.90 Å². The van der Waals surface area contributed by atoms with Crippen LogP contribution in [-0.4, -0.2) is 40.1 Å². The number of amides is 2. The molecule has 0 atom stereocenters. The zero-order valence-corrected chi connectivity index (χ0v) is 12.0. The molecule has 7 heteroatoms. The second-order valence-corrected chi connectivity index (χ2v) is 4.92. The highest BCUT2D eigenvalue weighted by atomic mass is 16.4. The number of aromatic carboxylic acids is 1. The molecule has 0 aliphatic heterocycles. The SMILES string of the molecule is CC(C)CN(CCC#N)C(=O)Nc1ccc(C(=O)O)nc1. The molecular formula is C14H18N4O3. The van der Waals surface area contributed by atoms with Gasteiger partial charge in [0.2, 0.25) is 0 Å². The van der Waals surface area contributed by atoms with E-state index >= 15 is 0 Å². The second kappa shape index (κ2) is 7.85. The first-order valence-corrected chi connectivity index (χ1v) is 6.56. The fourth-order valence-electron chi connectivity index (χ4n) is 1.70. The first kappa shape index (κ1) is 16.4. The topological polar surface area (TPSA) is 106 Å². The van der Waals surface area contributed by atoms with Crippen LogP contribution in [0.15, 0.2) is 18.3 Å². The van der Waals surface area contributed by atoms with Gasteiger partial charge in [-0.25, -0.2) is 14.6 Å². The summed E-state index contributed by atoms with van der Waals surface area (Å²) < 4.78 is 0. The zero-order valence-electron chi connectivity index (χ0n) is 12.0. The Balaban J connectivity index is 2.71. The van der Waals surface area contributed by atoms with Crippen molar-refractivity contribution in [3.05, 3.63) is 24.0 Å². The van der Waals surface area contributed by atoms with Gasteiger partial charge < -0.3 is 15.3 Å². The Kier molecular flexibility index (Phi) is 6.14. The van der Waals surface area contributed by atoms with Crippen LogP contribution in [0.4, 0.5) is 10.5 Å². The van der Waals surface area contributed by atoms with Crippen molar-refractivity contribution in [1.82, 2.24) is 9.88 Å². The van der Waals surface area contributed by atoms with Crippen LogP contribution >= 0.6 is 0 Å². The minimum atomic E-state index is -1.12. The summed E-state index contributed by atoms with van der Waals surface area (Å²) >= 11 is 0. The molecule has 2 N–H and O–H groups in total. The molecule has 0 unspecified atom stereocenters. The number of hydrogen-bond donors (Lipinski definition) is 2. The molecule has 21 heavy (non-hydrogen) atoms. The maximum atomic E-state index is 12.1. The van der Waals surface area contributed by atoms with Gasteiger partial charge in [-0.1, -0.05) is 13.8 Å². The molecule has 7 nitrogen and oxygen atoms in total. The minimum Gasteiger partial charge on any atom is -0.477 e. The second-order valence-electron chi connectivity index (χ2n) is 4.92. The smallest absolute Gasteiger partial charge is 0.354 e. The largest absolute Gasteiger partial charge is 0.477 e. The van der Waals surface area contributed by atoms with Crippen molar-refractivity contribution in [2.24, 2.45) is 5.92 Å². The van der Waals surface area contributed by atoms with E-state index in [1.807, 2.05) is 19.9 Å². The van der Waals surface area contributed by atoms with E-state index < -0.39 is 5.97 Å². The Labute approximate surface area is 123 Å². The van der Waals surface area contributed by atoms with Gasteiger partial charge >= 0.3 is 12.0 Å².